The molecular formula is C29H39BrO2. The second-order valence-corrected chi connectivity index (χ2v) is 12.5. The Balaban J connectivity index is 1.92. The minimum Gasteiger partial charge on any atom is -0.467 e. The number of fused-ring (bicyclic) bond motifs is 2. The molecule has 2 fully saturated rings. The lowest BCUT2D eigenvalue weighted by Gasteiger charge is -2.48. The Bertz CT molecular complexity index is 940. The molecule has 0 amide bonds. The molecule has 2 nitrogen and oxygen atoms in total. The van der Waals surface area contributed by atoms with Crippen molar-refractivity contribution in [2.24, 2.45) is 17.8 Å². The third-order valence-corrected chi connectivity index (χ3v) is 8.40. The zero-order valence-electron chi connectivity index (χ0n) is 20.6. The first kappa shape index (κ1) is 23.8. The molecule has 2 aromatic rings. The average Bonchev–Trinajstić information content (AvgIpc) is 2.70. The van der Waals surface area contributed by atoms with Crippen LogP contribution in [0, 0.1) is 17.8 Å². The standard InChI is InChI=1S/C29H39BrO2/c1-19-11-20-13-21(12-19)17-29(5,16-20)25-15-22(28(2,3)4)14-24(27(25)32-18-31-6)23-9-7-8-10-26(23)30/h7-10,14-15,19-21H,11-13,16-18H2,1-6H3. The number of halogens is 1. The van der Waals surface area contributed by atoms with Gasteiger partial charge in [0.15, 0.2) is 6.79 Å². The van der Waals surface area contributed by atoms with Crippen molar-refractivity contribution in [2.75, 3.05) is 13.9 Å². The lowest BCUT2D eigenvalue weighted by Crippen LogP contribution is -2.39. The zero-order chi connectivity index (χ0) is 23.1. The zero-order valence-corrected chi connectivity index (χ0v) is 22.2. The summed E-state index contributed by atoms with van der Waals surface area (Å²) in [6, 6.07) is 13.3. The maximum Gasteiger partial charge on any atom is 0.188 e. The Morgan fingerprint density at radius 2 is 1.66 bits per heavy atom. The first-order valence-electron chi connectivity index (χ1n) is 12.2. The van der Waals surface area contributed by atoms with Gasteiger partial charge >= 0.3 is 0 Å². The summed E-state index contributed by atoms with van der Waals surface area (Å²) < 4.78 is 12.9. The molecule has 2 aliphatic rings. The number of hydrogen-bond donors (Lipinski definition) is 0. The predicted molar refractivity (Wildman–Crippen MR) is 137 cm³/mol. The highest BCUT2D eigenvalue weighted by molar-refractivity contribution is 9.10. The molecule has 174 valence electrons. The van der Waals surface area contributed by atoms with E-state index in [1.807, 2.05) is 0 Å². The summed E-state index contributed by atoms with van der Waals surface area (Å²) in [5, 5.41) is 0. The van der Waals surface area contributed by atoms with Crippen LogP contribution in [0.3, 0.4) is 0 Å². The fourth-order valence-electron chi connectivity index (χ4n) is 6.47. The first-order valence-corrected chi connectivity index (χ1v) is 13.0. The molecule has 2 atom stereocenters. The van der Waals surface area contributed by atoms with Crippen molar-refractivity contribution >= 4 is 15.9 Å². The molecule has 0 saturated heterocycles. The normalized spacial score (nSPS) is 27.9. The van der Waals surface area contributed by atoms with Crippen molar-refractivity contribution in [1.29, 1.82) is 0 Å². The van der Waals surface area contributed by atoms with Gasteiger partial charge in [-0.2, -0.15) is 0 Å². The minimum atomic E-state index is 0.0555. The van der Waals surface area contributed by atoms with Crippen LogP contribution < -0.4 is 4.74 Å². The van der Waals surface area contributed by atoms with E-state index in [1.165, 1.54) is 54.4 Å². The van der Waals surface area contributed by atoms with E-state index in [0.717, 1.165) is 28.0 Å². The summed E-state index contributed by atoms with van der Waals surface area (Å²) in [7, 11) is 1.70. The van der Waals surface area contributed by atoms with Crippen LogP contribution in [0.1, 0.15) is 77.8 Å². The maximum absolute atomic E-state index is 6.41. The smallest absolute Gasteiger partial charge is 0.188 e. The van der Waals surface area contributed by atoms with Crippen molar-refractivity contribution in [3.63, 3.8) is 0 Å². The van der Waals surface area contributed by atoms with Crippen molar-refractivity contribution in [3.8, 4) is 16.9 Å². The second-order valence-electron chi connectivity index (χ2n) is 11.7. The highest BCUT2D eigenvalue weighted by Gasteiger charge is 2.44. The number of rotatable bonds is 5. The maximum atomic E-state index is 6.41. The van der Waals surface area contributed by atoms with Gasteiger partial charge in [0, 0.05) is 22.7 Å². The van der Waals surface area contributed by atoms with Gasteiger partial charge in [0.05, 0.1) is 0 Å². The van der Waals surface area contributed by atoms with E-state index in [0.29, 0.717) is 0 Å². The Morgan fingerprint density at radius 3 is 2.25 bits per heavy atom. The van der Waals surface area contributed by atoms with Gasteiger partial charge in [-0.15, -0.1) is 0 Å². The highest BCUT2D eigenvalue weighted by Crippen LogP contribution is 2.55. The van der Waals surface area contributed by atoms with Crippen LogP contribution in [0.4, 0.5) is 0 Å². The van der Waals surface area contributed by atoms with Gasteiger partial charge in [0.1, 0.15) is 5.75 Å². The van der Waals surface area contributed by atoms with E-state index in [2.05, 4.69) is 86.9 Å². The molecule has 2 aliphatic carbocycles. The van der Waals surface area contributed by atoms with Crippen LogP contribution in [-0.4, -0.2) is 13.9 Å². The Labute approximate surface area is 203 Å². The molecule has 32 heavy (non-hydrogen) atoms. The Kier molecular flexibility index (Phi) is 6.81. The molecule has 2 aromatic carbocycles. The molecule has 0 aromatic heterocycles. The van der Waals surface area contributed by atoms with Crippen LogP contribution in [0.5, 0.6) is 5.75 Å². The molecule has 2 bridgehead atoms. The minimum absolute atomic E-state index is 0.0555. The topological polar surface area (TPSA) is 18.5 Å². The fourth-order valence-corrected chi connectivity index (χ4v) is 6.97. The molecule has 0 spiro atoms. The molecule has 3 heteroatoms. The number of methoxy groups -OCH3 is 1. The number of ether oxygens (including phenoxy) is 2. The molecule has 0 aliphatic heterocycles. The monoisotopic (exact) mass is 498 g/mol. The summed E-state index contributed by atoms with van der Waals surface area (Å²) in [6.07, 6.45) is 6.65. The van der Waals surface area contributed by atoms with E-state index in [4.69, 9.17) is 9.47 Å². The summed E-state index contributed by atoms with van der Waals surface area (Å²) in [4.78, 5) is 0. The summed E-state index contributed by atoms with van der Waals surface area (Å²) in [6.45, 7) is 12.1. The van der Waals surface area contributed by atoms with Gasteiger partial charge in [-0.05, 0) is 83.9 Å². The first-order chi connectivity index (χ1) is 15.1. The van der Waals surface area contributed by atoms with Crippen LogP contribution in [0.15, 0.2) is 40.9 Å². The van der Waals surface area contributed by atoms with Crippen LogP contribution >= 0.6 is 15.9 Å². The van der Waals surface area contributed by atoms with Gasteiger partial charge < -0.3 is 9.47 Å². The highest BCUT2D eigenvalue weighted by atomic mass is 79.9. The number of benzene rings is 2. The Hall–Kier alpha value is -1.32. The molecule has 0 radical (unpaired) electrons. The predicted octanol–water partition coefficient (Wildman–Crippen LogP) is 8.50. The summed E-state index contributed by atoms with van der Waals surface area (Å²) in [5.74, 6) is 3.51. The fraction of sp³-hybridized carbons (Fsp3) is 0.586. The van der Waals surface area contributed by atoms with Gasteiger partial charge in [-0.3, -0.25) is 0 Å². The third kappa shape index (κ3) is 4.80. The molecule has 0 N–H and O–H groups in total. The quantitative estimate of drug-likeness (QED) is 0.384. The SMILES string of the molecule is COCOc1c(-c2ccccc2Br)cc(C(C)(C)C)cc1C1(C)CC2CC(C)CC(C2)C1. The van der Waals surface area contributed by atoms with Crippen molar-refractivity contribution in [2.45, 2.75) is 77.6 Å². The molecule has 2 saturated carbocycles. The van der Waals surface area contributed by atoms with Crippen molar-refractivity contribution in [1.82, 2.24) is 0 Å². The average molecular weight is 500 g/mol. The third-order valence-electron chi connectivity index (χ3n) is 7.71. The largest absolute Gasteiger partial charge is 0.467 e. The van der Waals surface area contributed by atoms with E-state index in [1.54, 1.807) is 7.11 Å². The van der Waals surface area contributed by atoms with Crippen molar-refractivity contribution in [3.05, 3.63) is 52.0 Å². The summed E-state index contributed by atoms with van der Waals surface area (Å²) >= 11 is 3.80. The second kappa shape index (κ2) is 9.14. The van der Waals surface area contributed by atoms with Gasteiger partial charge in [0.25, 0.3) is 0 Å². The van der Waals surface area contributed by atoms with E-state index >= 15 is 0 Å². The van der Waals surface area contributed by atoms with Gasteiger partial charge in [-0.1, -0.05) is 74.8 Å². The van der Waals surface area contributed by atoms with Crippen molar-refractivity contribution < 1.29 is 9.47 Å². The van der Waals surface area contributed by atoms with Gasteiger partial charge in [0.2, 0.25) is 0 Å². The molecule has 0 heterocycles. The van der Waals surface area contributed by atoms with Crippen LogP contribution in [-0.2, 0) is 15.6 Å². The molecule has 2 unspecified atom stereocenters. The van der Waals surface area contributed by atoms with E-state index < -0.39 is 0 Å². The van der Waals surface area contributed by atoms with Crippen LogP contribution in [0.2, 0.25) is 0 Å². The lowest BCUT2D eigenvalue weighted by atomic mass is 9.57. The van der Waals surface area contributed by atoms with E-state index in [9.17, 15) is 0 Å². The lowest BCUT2D eigenvalue weighted by molar-refractivity contribution is 0.0465. The summed E-state index contributed by atoms with van der Waals surface area (Å²) in [5.41, 5.74) is 5.26. The van der Waals surface area contributed by atoms with Crippen LogP contribution in [0.25, 0.3) is 11.1 Å². The molecule has 4 rings (SSSR count). The number of hydrogen-bond acceptors (Lipinski definition) is 2. The van der Waals surface area contributed by atoms with Gasteiger partial charge in [-0.25, -0.2) is 0 Å². The Morgan fingerprint density at radius 1 is 1.00 bits per heavy atom. The van der Waals surface area contributed by atoms with E-state index in [-0.39, 0.29) is 17.6 Å². The molecular weight excluding hydrogens is 460 g/mol.